The first-order valence-corrected chi connectivity index (χ1v) is 4.82. The van der Waals surface area contributed by atoms with Crippen LogP contribution in [0.2, 0.25) is 0 Å². The molecular formula is C11H13NO3. The summed E-state index contributed by atoms with van der Waals surface area (Å²) < 4.78 is 4.79. The van der Waals surface area contributed by atoms with Gasteiger partial charge in [0.15, 0.2) is 6.29 Å². The minimum atomic E-state index is -0.211. The number of aldehydes is 1. The largest absolute Gasteiger partial charge is 0.466 e. The molecule has 0 saturated carbocycles. The molecule has 15 heavy (non-hydrogen) atoms. The van der Waals surface area contributed by atoms with E-state index in [2.05, 4.69) is 4.98 Å². The maximum Gasteiger partial charge on any atom is 0.306 e. The SMILES string of the molecule is CCOC(=O)CCc1ccc(C=O)nc1. The molecule has 0 aliphatic carbocycles. The smallest absolute Gasteiger partial charge is 0.306 e. The van der Waals surface area contributed by atoms with E-state index in [0.717, 1.165) is 5.56 Å². The number of rotatable bonds is 5. The van der Waals surface area contributed by atoms with Gasteiger partial charge in [0.2, 0.25) is 0 Å². The third-order valence-electron chi connectivity index (χ3n) is 1.89. The van der Waals surface area contributed by atoms with Crippen LogP contribution in [-0.4, -0.2) is 23.8 Å². The van der Waals surface area contributed by atoms with Gasteiger partial charge >= 0.3 is 5.97 Å². The van der Waals surface area contributed by atoms with Crippen molar-refractivity contribution < 1.29 is 14.3 Å². The molecule has 1 rings (SSSR count). The summed E-state index contributed by atoms with van der Waals surface area (Å²) in [5.41, 5.74) is 1.32. The number of hydrogen-bond acceptors (Lipinski definition) is 4. The number of hydrogen-bond donors (Lipinski definition) is 0. The monoisotopic (exact) mass is 207 g/mol. The van der Waals surface area contributed by atoms with Gasteiger partial charge in [0, 0.05) is 12.6 Å². The van der Waals surface area contributed by atoms with Crippen molar-refractivity contribution in [2.24, 2.45) is 0 Å². The van der Waals surface area contributed by atoms with Gasteiger partial charge in [-0.2, -0.15) is 0 Å². The normalized spacial score (nSPS) is 9.67. The number of pyridine rings is 1. The van der Waals surface area contributed by atoms with Gasteiger partial charge in [-0.25, -0.2) is 0 Å². The van der Waals surface area contributed by atoms with Gasteiger partial charge < -0.3 is 4.74 Å². The highest BCUT2D eigenvalue weighted by molar-refractivity contribution is 5.71. The summed E-state index contributed by atoms with van der Waals surface area (Å²) >= 11 is 0. The molecule has 0 fully saturated rings. The van der Waals surface area contributed by atoms with E-state index in [1.807, 2.05) is 0 Å². The van der Waals surface area contributed by atoms with E-state index in [0.29, 0.717) is 31.4 Å². The van der Waals surface area contributed by atoms with Crippen molar-refractivity contribution in [3.63, 3.8) is 0 Å². The van der Waals surface area contributed by atoms with Crippen molar-refractivity contribution in [3.05, 3.63) is 29.6 Å². The predicted octanol–water partition coefficient (Wildman–Crippen LogP) is 1.39. The van der Waals surface area contributed by atoms with Crippen molar-refractivity contribution >= 4 is 12.3 Å². The van der Waals surface area contributed by atoms with E-state index in [1.165, 1.54) is 0 Å². The highest BCUT2D eigenvalue weighted by atomic mass is 16.5. The third-order valence-corrected chi connectivity index (χ3v) is 1.89. The second-order valence-electron chi connectivity index (χ2n) is 3.01. The zero-order valence-electron chi connectivity index (χ0n) is 8.60. The molecule has 80 valence electrons. The van der Waals surface area contributed by atoms with E-state index < -0.39 is 0 Å². The number of aromatic nitrogens is 1. The second-order valence-corrected chi connectivity index (χ2v) is 3.01. The Labute approximate surface area is 88.3 Å². The Morgan fingerprint density at radius 1 is 1.53 bits per heavy atom. The van der Waals surface area contributed by atoms with Gasteiger partial charge in [0.05, 0.1) is 6.61 Å². The highest BCUT2D eigenvalue weighted by Gasteiger charge is 2.02. The zero-order chi connectivity index (χ0) is 11.1. The van der Waals surface area contributed by atoms with Crippen LogP contribution in [0.3, 0.4) is 0 Å². The third kappa shape index (κ3) is 3.89. The van der Waals surface area contributed by atoms with Crippen LogP contribution in [0.5, 0.6) is 0 Å². The van der Waals surface area contributed by atoms with Crippen LogP contribution in [0, 0.1) is 0 Å². The molecule has 1 aromatic rings. The quantitative estimate of drug-likeness (QED) is 0.540. The molecule has 1 heterocycles. The zero-order valence-corrected chi connectivity index (χ0v) is 8.60. The summed E-state index contributed by atoms with van der Waals surface area (Å²) in [6.45, 7) is 2.18. The Balaban J connectivity index is 2.44. The van der Waals surface area contributed by atoms with E-state index in [9.17, 15) is 9.59 Å². The predicted molar refractivity (Wildman–Crippen MR) is 54.6 cm³/mol. The first-order valence-electron chi connectivity index (χ1n) is 4.82. The summed E-state index contributed by atoms with van der Waals surface area (Å²) in [6.07, 6.45) is 3.22. The van der Waals surface area contributed by atoms with E-state index >= 15 is 0 Å². The lowest BCUT2D eigenvalue weighted by molar-refractivity contribution is -0.143. The minimum absolute atomic E-state index is 0.211. The molecule has 0 spiro atoms. The van der Waals surface area contributed by atoms with Crippen molar-refractivity contribution in [1.82, 2.24) is 4.98 Å². The highest BCUT2D eigenvalue weighted by Crippen LogP contribution is 2.03. The lowest BCUT2D eigenvalue weighted by Crippen LogP contribution is -2.05. The summed E-state index contributed by atoms with van der Waals surface area (Å²) in [7, 11) is 0. The molecule has 0 bridgehead atoms. The molecule has 0 aliphatic rings. The number of aryl methyl sites for hydroxylation is 1. The first kappa shape index (κ1) is 11.4. The molecule has 4 heteroatoms. The molecule has 0 unspecified atom stereocenters. The fraction of sp³-hybridized carbons (Fsp3) is 0.364. The van der Waals surface area contributed by atoms with Gasteiger partial charge in [-0.1, -0.05) is 6.07 Å². The molecule has 0 saturated heterocycles. The molecule has 1 aromatic heterocycles. The lowest BCUT2D eigenvalue weighted by Gasteiger charge is -2.01. The van der Waals surface area contributed by atoms with Crippen LogP contribution in [0.1, 0.15) is 29.4 Å². The number of carbonyl (C=O) groups excluding carboxylic acids is 2. The van der Waals surface area contributed by atoms with E-state index in [4.69, 9.17) is 4.74 Å². The van der Waals surface area contributed by atoms with Gasteiger partial charge in [-0.05, 0) is 25.0 Å². The number of ether oxygens (including phenoxy) is 1. The Kier molecular flexibility index (Phi) is 4.47. The number of esters is 1. The lowest BCUT2D eigenvalue weighted by atomic mass is 10.1. The number of nitrogens with zero attached hydrogens (tertiary/aromatic N) is 1. The van der Waals surface area contributed by atoms with Gasteiger partial charge in [0.25, 0.3) is 0 Å². The average Bonchev–Trinajstić information content (AvgIpc) is 2.27. The fourth-order valence-corrected chi connectivity index (χ4v) is 1.13. The molecule has 0 N–H and O–H groups in total. The van der Waals surface area contributed by atoms with Crippen LogP contribution in [-0.2, 0) is 16.0 Å². The Morgan fingerprint density at radius 2 is 2.33 bits per heavy atom. The summed E-state index contributed by atoms with van der Waals surface area (Å²) in [6, 6.07) is 3.42. The van der Waals surface area contributed by atoms with Crippen LogP contribution in [0.25, 0.3) is 0 Å². The van der Waals surface area contributed by atoms with Crippen LogP contribution < -0.4 is 0 Å². The maximum absolute atomic E-state index is 11.0. The van der Waals surface area contributed by atoms with Crippen molar-refractivity contribution in [2.75, 3.05) is 6.61 Å². The standard InChI is InChI=1S/C11H13NO3/c1-2-15-11(14)6-4-9-3-5-10(8-13)12-7-9/h3,5,7-8H,2,4,6H2,1H3. The minimum Gasteiger partial charge on any atom is -0.466 e. The Bertz CT molecular complexity index is 332. The molecule has 0 aromatic carbocycles. The molecular weight excluding hydrogens is 194 g/mol. The Morgan fingerprint density at radius 3 is 2.87 bits per heavy atom. The van der Waals surface area contributed by atoms with Crippen molar-refractivity contribution in [2.45, 2.75) is 19.8 Å². The topological polar surface area (TPSA) is 56.3 Å². The summed E-state index contributed by atoms with van der Waals surface area (Å²) in [5, 5.41) is 0. The maximum atomic E-state index is 11.0. The fourth-order valence-electron chi connectivity index (χ4n) is 1.13. The van der Waals surface area contributed by atoms with E-state index in [1.54, 1.807) is 25.3 Å². The average molecular weight is 207 g/mol. The van der Waals surface area contributed by atoms with Crippen LogP contribution in [0.15, 0.2) is 18.3 Å². The van der Waals surface area contributed by atoms with E-state index in [-0.39, 0.29) is 5.97 Å². The van der Waals surface area contributed by atoms with Crippen molar-refractivity contribution in [1.29, 1.82) is 0 Å². The first-order chi connectivity index (χ1) is 7.26. The van der Waals surface area contributed by atoms with Gasteiger partial charge in [0.1, 0.15) is 5.69 Å². The van der Waals surface area contributed by atoms with Crippen LogP contribution in [0.4, 0.5) is 0 Å². The molecule has 0 amide bonds. The molecule has 0 aliphatic heterocycles. The number of carbonyl (C=O) groups is 2. The summed E-state index contributed by atoms with van der Waals surface area (Å²) in [4.78, 5) is 25.3. The van der Waals surface area contributed by atoms with Gasteiger partial charge in [-0.3, -0.25) is 14.6 Å². The van der Waals surface area contributed by atoms with Gasteiger partial charge in [-0.15, -0.1) is 0 Å². The van der Waals surface area contributed by atoms with Crippen LogP contribution >= 0.6 is 0 Å². The molecule has 4 nitrogen and oxygen atoms in total. The molecule has 0 radical (unpaired) electrons. The van der Waals surface area contributed by atoms with Crippen molar-refractivity contribution in [3.8, 4) is 0 Å². The Hall–Kier alpha value is -1.71. The second kappa shape index (κ2) is 5.90. The molecule has 0 atom stereocenters. The summed E-state index contributed by atoms with van der Waals surface area (Å²) in [5.74, 6) is -0.211.